The topological polar surface area (TPSA) is 74.9 Å². The lowest BCUT2D eigenvalue weighted by molar-refractivity contribution is -0.0711. The third-order valence-electron chi connectivity index (χ3n) is 3.67. The lowest BCUT2D eigenvalue weighted by Crippen LogP contribution is -2.45. The molecule has 1 saturated heterocycles. The third kappa shape index (κ3) is 3.03. The number of pyridine rings is 1. The highest BCUT2D eigenvalue weighted by atomic mass is 16.5. The van der Waals surface area contributed by atoms with Gasteiger partial charge in [-0.15, -0.1) is 0 Å². The van der Waals surface area contributed by atoms with Crippen molar-refractivity contribution in [3.05, 3.63) is 27.7 Å². The van der Waals surface area contributed by atoms with Crippen molar-refractivity contribution in [2.45, 2.75) is 39.2 Å². The number of aromatic hydroxyl groups is 1. The van der Waals surface area contributed by atoms with Crippen LogP contribution < -0.4 is 5.43 Å². The zero-order valence-electron chi connectivity index (χ0n) is 12.2. The van der Waals surface area contributed by atoms with E-state index in [1.165, 1.54) is 6.07 Å². The van der Waals surface area contributed by atoms with Crippen LogP contribution in [0, 0.1) is 0 Å². The standard InChI is InChI=1S/C14H22N2O4/c1-9-5-16(6-10(2)20-9)7-12-14(19)13(18)4-11(8-17)15(12)3/h4,9-10,17,19H,5-8H2,1-3H3. The van der Waals surface area contributed by atoms with Gasteiger partial charge in [0, 0.05) is 38.4 Å². The van der Waals surface area contributed by atoms with Crippen LogP contribution >= 0.6 is 0 Å². The number of ether oxygens (including phenoxy) is 1. The summed E-state index contributed by atoms with van der Waals surface area (Å²) in [6, 6.07) is 1.27. The fourth-order valence-electron chi connectivity index (χ4n) is 2.75. The maximum Gasteiger partial charge on any atom is 0.223 e. The normalized spacial score (nSPS) is 24.0. The predicted molar refractivity (Wildman–Crippen MR) is 74.6 cm³/mol. The van der Waals surface area contributed by atoms with Gasteiger partial charge in [-0.1, -0.05) is 0 Å². The Balaban J connectivity index is 2.29. The monoisotopic (exact) mass is 282 g/mol. The first-order valence-corrected chi connectivity index (χ1v) is 6.81. The molecule has 0 saturated carbocycles. The molecule has 6 nitrogen and oxygen atoms in total. The van der Waals surface area contributed by atoms with Crippen molar-refractivity contribution >= 4 is 0 Å². The van der Waals surface area contributed by atoms with Crippen LogP contribution in [0.5, 0.6) is 5.75 Å². The summed E-state index contributed by atoms with van der Waals surface area (Å²) in [6.07, 6.45) is 0.248. The van der Waals surface area contributed by atoms with Crippen molar-refractivity contribution in [1.82, 2.24) is 9.47 Å². The van der Waals surface area contributed by atoms with Gasteiger partial charge in [-0.25, -0.2) is 0 Å². The third-order valence-corrected chi connectivity index (χ3v) is 3.67. The number of hydrogen-bond acceptors (Lipinski definition) is 5. The minimum atomic E-state index is -0.448. The SMILES string of the molecule is CC1CN(Cc2c(O)c(=O)cc(CO)n2C)CC(C)O1. The van der Waals surface area contributed by atoms with E-state index in [4.69, 9.17) is 4.74 Å². The van der Waals surface area contributed by atoms with Gasteiger partial charge in [0.2, 0.25) is 5.43 Å². The van der Waals surface area contributed by atoms with Crippen LogP contribution in [0.4, 0.5) is 0 Å². The zero-order chi connectivity index (χ0) is 14.9. The first kappa shape index (κ1) is 15.0. The first-order valence-electron chi connectivity index (χ1n) is 6.81. The molecular formula is C14H22N2O4. The van der Waals surface area contributed by atoms with Gasteiger partial charge in [-0.2, -0.15) is 0 Å². The van der Waals surface area contributed by atoms with Crippen LogP contribution in [0.3, 0.4) is 0 Å². The molecule has 0 bridgehead atoms. The Labute approximate surface area is 118 Å². The predicted octanol–water partition coefficient (Wildman–Crippen LogP) is 0.192. The zero-order valence-corrected chi connectivity index (χ0v) is 12.2. The number of aliphatic hydroxyl groups excluding tert-OH is 1. The second kappa shape index (κ2) is 5.95. The quantitative estimate of drug-likeness (QED) is 0.828. The molecular weight excluding hydrogens is 260 g/mol. The second-order valence-corrected chi connectivity index (χ2v) is 5.46. The summed E-state index contributed by atoms with van der Waals surface area (Å²) < 4.78 is 7.35. The molecule has 0 amide bonds. The van der Waals surface area contributed by atoms with E-state index in [1.54, 1.807) is 11.6 Å². The lowest BCUT2D eigenvalue weighted by atomic mass is 10.2. The number of hydrogen-bond donors (Lipinski definition) is 2. The highest BCUT2D eigenvalue weighted by Gasteiger charge is 2.24. The van der Waals surface area contributed by atoms with Crippen LogP contribution in [0.15, 0.2) is 10.9 Å². The van der Waals surface area contributed by atoms with Crippen LogP contribution in [0.2, 0.25) is 0 Å². The van der Waals surface area contributed by atoms with Gasteiger partial charge in [0.15, 0.2) is 5.75 Å². The average Bonchev–Trinajstić information content (AvgIpc) is 2.38. The first-order chi connectivity index (χ1) is 9.42. The Morgan fingerprint density at radius 1 is 1.35 bits per heavy atom. The summed E-state index contributed by atoms with van der Waals surface area (Å²) in [5.41, 5.74) is 0.580. The van der Waals surface area contributed by atoms with Crippen molar-refractivity contribution in [3.8, 4) is 5.75 Å². The second-order valence-electron chi connectivity index (χ2n) is 5.46. The van der Waals surface area contributed by atoms with Gasteiger partial charge >= 0.3 is 0 Å². The van der Waals surface area contributed by atoms with E-state index in [2.05, 4.69) is 4.90 Å². The molecule has 112 valence electrons. The van der Waals surface area contributed by atoms with Gasteiger partial charge < -0.3 is 19.5 Å². The summed E-state index contributed by atoms with van der Waals surface area (Å²) in [5, 5.41) is 19.3. The summed E-state index contributed by atoms with van der Waals surface area (Å²) >= 11 is 0. The average molecular weight is 282 g/mol. The Kier molecular flexibility index (Phi) is 4.47. The number of rotatable bonds is 3. The Bertz CT molecular complexity index is 531. The summed E-state index contributed by atoms with van der Waals surface area (Å²) in [5.74, 6) is -0.239. The summed E-state index contributed by atoms with van der Waals surface area (Å²) in [7, 11) is 1.74. The molecule has 0 aliphatic carbocycles. The van der Waals surface area contributed by atoms with Gasteiger partial charge in [0.1, 0.15) is 0 Å². The molecule has 1 aromatic rings. The highest BCUT2D eigenvalue weighted by Crippen LogP contribution is 2.19. The fourth-order valence-corrected chi connectivity index (χ4v) is 2.75. The number of aromatic nitrogens is 1. The van der Waals surface area contributed by atoms with E-state index in [0.29, 0.717) is 17.9 Å². The van der Waals surface area contributed by atoms with Crippen LogP contribution in [0.1, 0.15) is 25.2 Å². The maximum atomic E-state index is 11.7. The number of morpholine rings is 1. The van der Waals surface area contributed by atoms with Crippen molar-refractivity contribution in [3.63, 3.8) is 0 Å². The van der Waals surface area contributed by atoms with E-state index < -0.39 is 5.43 Å². The molecule has 1 fully saturated rings. The van der Waals surface area contributed by atoms with Crippen molar-refractivity contribution in [2.75, 3.05) is 13.1 Å². The van der Waals surface area contributed by atoms with E-state index in [0.717, 1.165) is 13.1 Å². The molecule has 2 heterocycles. The minimum absolute atomic E-state index is 0.124. The van der Waals surface area contributed by atoms with Gasteiger partial charge in [0.25, 0.3) is 0 Å². The minimum Gasteiger partial charge on any atom is -0.503 e. The fraction of sp³-hybridized carbons (Fsp3) is 0.643. The summed E-state index contributed by atoms with van der Waals surface area (Å²) in [4.78, 5) is 13.9. The molecule has 1 aliphatic heterocycles. The smallest absolute Gasteiger partial charge is 0.223 e. The lowest BCUT2D eigenvalue weighted by Gasteiger charge is -2.35. The molecule has 0 radical (unpaired) electrons. The van der Waals surface area contributed by atoms with Gasteiger partial charge in [-0.05, 0) is 13.8 Å². The van der Waals surface area contributed by atoms with Gasteiger partial charge in [-0.3, -0.25) is 9.69 Å². The molecule has 2 rings (SSSR count). The van der Waals surface area contributed by atoms with Crippen LogP contribution in [-0.2, 0) is 24.9 Å². The Morgan fingerprint density at radius 2 is 1.95 bits per heavy atom. The van der Waals surface area contributed by atoms with Gasteiger partial charge in [0.05, 0.1) is 24.5 Å². The molecule has 0 spiro atoms. The van der Waals surface area contributed by atoms with Crippen molar-refractivity contribution < 1.29 is 14.9 Å². The summed E-state index contributed by atoms with van der Waals surface area (Å²) in [6.45, 7) is 5.75. The molecule has 6 heteroatoms. The Morgan fingerprint density at radius 3 is 2.50 bits per heavy atom. The molecule has 0 aromatic carbocycles. The number of nitrogens with zero attached hydrogens (tertiary/aromatic N) is 2. The van der Waals surface area contributed by atoms with Crippen molar-refractivity contribution in [1.29, 1.82) is 0 Å². The molecule has 1 aromatic heterocycles. The van der Waals surface area contributed by atoms with E-state index in [1.807, 2.05) is 13.8 Å². The van der Waals surface area contributed by atoms with E-state index >= 15 is 0 Å². The molecule has 2 N–H and O–H groups in total. The largest absolute Gasteiger partial charge is 0.503 e. The van der Waals surface area contributed by atoms with Crippen LogP contribution in [-0.4, -0.2) is 45.0 Å². The van der Waals surface area contributed by atoms with E-state index in [9.17, 15) is 15.0 Å². The Hall–Kier alpha value is -1.37. The molecule has 20 heavy (non-hydrogen) atoms. The maximum absolute atomic E-state index is 11.7. The van der Waals surface area contributed by atoms with Crippen molar-refractivity contribution in [2.24, 2.45) is 7.05 Å². The molecule has 2 unspecified atom stereocenters. The highest BCUT2D eigenvalue weighted by molar-refractivity contribution is 5.29. The van der Waals surface area contributed by atoms with Crippen LogP contribution in [0.25, 0.3) is 0 Å². The number of aliphatic hydroxyl groups is 1. The molecule has 1 aliphatic rings. The van der Waals surface area contributed by atoms with E-state index in [-0.39, 0.29) is 24.6 Å². The molecule has 2 atom stereocenters.